The average molecular weight is 279 g/mol. The molecule has 2 heterocycles. The Morgan fingerprint density at radius 2 is 2.20 bits per heavy atom. The third-order valence-corrected chi connectivity index (χ3v) is 3.92. The molecule has 0 saturated carbocycles. The normalized spacial score (nSPS) is 20.2. The molecule has 112 valence electrons. The molecule has 1 aliphatic heterocycles. The highest BCUT2D eigenvalue weighted by atomic mass is 16.2. The Labute approximate surface area is 120 Å². The summed E-state index contributed by atoms with van der Waals surface area (Å²) in [7, 11) is 0. The number of aromatic nitrogens is 3. The van der Waals surface area contributed by atoms with Gasteiger partial charge in [-0.1, -0.05) is 13.8 Å². The number of amides is 2. The lowest BCUT2D eigenvalue weighted by atomic mass is 9.85. The van der Waals surface area contributed by atoms with E-state index in [1.807, 2.05) is 11.8 Å². The van der Waals surface area contributed by atoms with Gasteiger partial charge in [0.25, 0.3) is 0 Å². The van der Waals surface area contributed by atoms with Gasteiger partial charge in [0.1, 0.15) is 12.7 Å². The molecule has 0 bridgehead atoms. The van der Waals surface area contributed by atoms with Crippen molar-refractivity contribution in [2.24, 2.45) is 5.41 Å². The summed E-state index contributed by atoms with van der Waals surface area (Å²) in [6, 6.07) is 0.0794. The van der Waals surface area contributed by atoms with Crippen LogP contribution < -0.4 is 5.32 Å². The molecule has 20 heavy (non-hydrogen) atoms. The Morgan fingerprint density at radius 1 is 1.40 bits per heavy atom. The number of rotatable bonds is 3. The lowest BCUT2D eigenvalue weighted by molar-refractivity contribution is 0.192. The minimum atomic E-state index is 0.0373. The third-order valence-electron chi connectivity index (χ3n) is 3.92. The van der Waals surface area contributed by atoms with Crippen LogP contribution in [0.1, 0.15) is 40.0 Å². The van der Waals surface area contributed by atoms with E-state index in [2.05, 4.69) is 29.2 Å². The molecule has 2 rings (SSSR count). The van der Waals surface area contributed by atoms with E-state index in [0.29, 0.717) is 12.0 Å². The second-order valence-corrected chi connectivity index (χ2v) is 6.47. The molecule has 1 aromatic rings. The summed E-state index contributed by atoms with van der Waals surface area (Å²) in [5.41, 5.74) is 0.349. The van der Waals surface area contributed by atoms with Crippen LogP contribution in [0.5, 0.6) is 0 Å². The van der Waals surface area contributed by atoms with E-state index < -0.39 is 0 Å². The molecule has 2 amide bonds. The summed E-state index contributed by atoms with van der Waals surface area (Å²) in [6.07, 6.45) is 6.50. The second-order valence-electron chi connectivity index (χ2n) is 6.47. The highest BCUT2D eigenvalue weighted by Gasteiger charge is 2.25. The molecule has 1 atom stereocenters. The van der Waals surface area contributed by atoms with E-state index in [-0.39, 0.29) is 12.1 Å². The number of urea groups is 1. The Morgan fingerprint density at radius 3 is 2.90 bits per heavy atom. The van der Waals surface area contributed by atoms with Crippen molar-refractivity contribution in [3.63, 3.8) is 0 Å². The van der Waals surface area contributed by atoms with Crippen molar-refractivity contribution in [3.8, 4) is 0 Å². The van der Waals surface area contributed by atoms with E-state index in [9.17, 15) is 4.79 Å². The molecule has 1 saturated heterocycles. The number of likely N-dealkylation sites (tertiary alicyclic amines) is 1. The van der Waals surface area contributed by atoms with Gasteiger partial charge in [0.2, 0.25) is 0 Å². The second kappa shape index (κ2) is 6.24. The van der Waals surface area contributed by atoms with E-state index >= 15 is 0 Å². The molecule has 1 aromatic heterocycles. The van der Waals surface area contributed by atoms with Gasteiger partial charge in [-0.25, -0.2) is 9.78 Å². The molecule has 1 aliphatic rings. The SMILES string of the molecule is C[C@@H](Cn1cncn1)NC(=O)N1CCCC(C)(C)CC1. The van der Waals surface area contributed by atoms with Crippen molar-refractivity contribution >= 4 is 6.03 Å². The van der Waals surface area contributed by atoms with Gasteiger partial charge in [0.05, 0.1) is 6.54 Å². The maximum Gasteiger partial charge on any atom is 0.317 e. The number of carbonyl (C=O) groups is 1. The number of hydrogen-bond acceptors (Lipinski definition) is 3. The first-order valence-corrected chi connectivity index (χ1v) is 7.34. The van der Waals surface area contributed by atoms with Crippen LogP contribution in [0, 0.1) is 5.41 Å². The van der Waals surface area contributed by atoms with E-state index in [1.54, 1.807) is 11.0 Å². The Bertz CT molecular complexity index is 429. The standard InChI is InChI=1S/C14H25N5O/c1-12(9-19-11-15-10-16-19)17-13(20)18-7-4-5-14(2,3)6-8-18/h10-12H,4-9H2,1-3H3,(H,17,20)/t12-/m0/s1. The van der Waals surface area contributed by atoms with Crippen molar-refractivity contribution < 1.29 is 4.79 Å². The summed E-state index contributed by atoms with van der Waals surface area (Å²) in [4.78, 5) is 18.1. The number of hydrogen-bond donors (Lipinski definition) is 1. The van der Waals surface area contributed by atoms with E-state index in [4.69, 9.17) is 0 Å². The zero-order valence-corrected chi connectivity index (χ0v) is 12.7. The van der Waals surface area contributed by atoms with Crippen molar-refractivity contribution in [2.75, 3.05) is 13.1 Å². The summed E-state index contributed by atoms with van der Waals surface area (Å²) in [5.74, 6) is 0. The van der Waals surface area contributed by atoms with Crippen LogP contribution in [0.2, 0.25) is 0 Å². The van der Waals surface area contributed by atoms with Crippen molar-refractivity contribution in [2.45, 2.75) is 52.6 Å². The molecule has 1 N–H and O–H groups in total. The zero-order chi connectivity index (χ0) is 14.6. The monoisotopic (exact) mass is 279 g/mol. The predicted octanol–water partition coefficient (Wildman–Crippen LogP) is 1.89. The van der Waals surface area contributed by atoms with Gasteiger partial charge in [-0.3, -0.25) is 4.68 Å². The summed E-state index contributed by atoms with van der Waals surface area (Å²) < 4.78 is 1.73. The average Bonchev–Trinajstić information content (AvgIpc) is 2.78. The fourth-order valence-electron chi connectivity index (χ4n) is 2.58. The molecule has 1 fully saturated rings. The lowest BCUT2D eigenvalue weighted by Crippen LogP contribution is -2.45. The van der Waals surface area contributed by atoms with E-state index in [0.717, 1.165) is 25.9 Å². The Hall–Kier alpha value is -1.59. The smallest absolute Gasteiger partial charge is 0.317 e. The summed E-state index contributed by atoms with van der Waals surface area (Å²) in [6.45, 7) is 8.89. The van der Waals surface area contributed by atoms with Crippen molar-refractivity contribution in [1.82, 2.24) is 25.0 Å². The number of nitrogens with zero attached hydrogens (tertiary/aromatic N) is 4. The van der Waals surface area contributed by atoms with Gasteiger partial charge in [0, 0.05) is 19.1 Å². The van der Waals surface area contributed by atoms with Crippen molar-refractivity contribution in [3.05, 3.63) is 12.7 Å². The molecule has 0 unspecified atom stereocenters. The van der Waals surface area contributed by atoms with Gasteiger partial charge in [-0.15, -0.1) is 0 Å². The molecule has 6 nitrogen and oxygen atoms in total. The van der Waals surface area contributed by atoms with Crippen molar-refractivity contribution in [1.29, 1.82) is 0 Å². The van der Waals surface area contributed by atoms with Gasteiger partial charge in [0.15, 0.2) is 0 Å². The fourth-order valence-corrected chi connectivity index (χ4v) is 2.58. The summed E-state index contributed by atoms with van der Waals surface area (Å²) >= 11 is 0. The van der Waals surface area contributed by atoms with Gasteiger partial charge < -0.3 is 10.2 Å². The largest absolute Gasteiger partial charge is 0.334 e. The fraction of sp³-hybridized carbons (Fsp3) is 0.786. The molecule has 6 heteroatoms. The maximum atomic E-state index is 12.3. The minimum Gasteiger partial charge on any atom is -0.334 e. The quantitative estimate of drug-likeness (QED) is 0.919. The highest BCUT2D eigenvalue weighted by molar-refractivity contribution is 5.74. The first-order valence-electron chi connectivity index (χ1n) is 7.34. The molecule has 0 spiro atoms. The minimum absolute atomic E-state index is 0.0373. The third kappa shape index (κ3) is 4.21. The zero-order valence-electron chi connectivity index (χ0n) is 12.7. The van der Waals surface area contributed by atoms with Crippen LogP contribution in [0.15, 0.2) is 12.7 Å². The van der Waals surface area contributed by atoms with Gasteiger partial charge in [-0.05, 0) is 31.6 Å². The van der Waals surface area contributed by atoms with Crippen LogP contribution in [0.25, 0.3) is 0 Å². The first-order chi connectivity index (χ1) is 9.46. The number of carbonyl (C=O) groups excluding carboxylic acids is 1. The lowest BCUT2D eigenvalue weighted by Gasteiger charge is -2.25. The van der Waals surface area contributed by atoms with Crippen LogP contribution in [0.3, 0.4) is 0 Å². The van der Waals surface area contributed by atoms with Crippen LogP contribution >= 0.6 is 0 Å². The molecule has 0 aromatic carbocycles. The van der Waals surface area contributed by atoms with Gasteiger partial charge >= 0.3 is 6.03 Å². The highest BCUT2D eigenvalue weighted by Crippen LogP contribution is 2.29. The topological polar surface area (TPSA) is 63.1 Å². The van der Waals surface area contributed by atoms with Crippen LogP contribution in [-0.4, -0.2) is 44.8 Å². The molecule has 0 aliphatic carbocycles. The molecular weight excluding hydrogens is 254 g/mol. The summed E-state index contributed by atoms with van der Waals surface area (Å²) in [5, 5.41) is 7.09. The van der Waals surface area contributed by atoms with Gasteiger partial charge in [-0.2, -0.15) is 5.10 Å². The Kier molecular flexibility index (Phi) is 4.62. The molecular formula is C14H25N5O. The number of nitrogens with one attached hydrogen (secondary N) is 1. The van der Waals surface area contributed by atoms with Crippen LogP contribution in [0.4, 0.5) is 4.79 Å². The molecule has 0 radical (unpaired) electrons. The first kappa shape index (κ1) is 14.8. The maximum absolute atomic E-state index is 12.3. The predicted molar refractivity (Wildman–Crippen MR) is 77.2 cm³/mol. The Balaban J connectivity index is 1.82. The van der Waals surface area contributed by atoms with Crippen LogP contribution in [-0.2, 0) is 6.54 Å². The van der Waals surface area contributed by atoms with E-state index in [1.165, 1.54) is 12.7 Å².